The maximum absolute atomic E-state index is 12.1. The Morgan fingerprint density at radius 2 is 2.24 bits per heavy atom. The summed E-state index contributed by atoms with van der Waals surface area (Å²) in [4.78, 5) is 23.1. The van der Waals surface area contributed by atoms with E-state index >= 15 is 0 Å². The molecule has 0 radical (unpaired) electrons. The van der Waals surface area contributed by atoms with Crippen LogP contribution >= 0.6 is 23.4 Å². The number of carbonyl (C=O) groups excluding carboxylic acids is 1. The number of piperidine rings is 1. The minimum atomic E-state index is -0.0845. The summed E-state index contributed by atoms with van der Waals surface area (Å²) in [5.41, 5.74) is 0.698. The summed E-state index contributed by atoms with van der Waals surface area (Å²) in [5, 5.41) is 4.25. The number of carbonyl (C=O) groups is 1. The zero-order valence-electron chi connectivity index (χ0n) is 14.1. The lowest BCUT2D eigenvalue weighted by Crippen LogP contribution is -2.38. The number of halogens is 1. The first kappa shape index (κ1) is 18.0. The molecule has 0 unspecified atom stereocenters. The Balaban J connectivity index is 1.57. The van der Waals surface area contributed by atoms with Crippen LogP contribution in [0.1, 0.15) is 26.2 Å². The lowest BCUT2D eigenvalue weighted by atomic mass is 10.0. The van der Waals surface area contributed by atoms with E-state index in [1.54, 1.807) is 18.5 Å². The molecule has 7 heteroatoms. The van der Waals surface area contributed by atoms with Crippen molar-refractivity contribution in [3.05, 3.63) is 41.7 Å². The van der Waals surface area contributed by atoms with E-state index in [4.69, 9.17) is 11.6 Å². The van der Waals surface area contributed by atoms with Crippen molar-refractivity contribution >= 4 is 40.8 Å². The van der Waals surface area contributed by atoms with E-state index in [0.717, 1.165) is 17.4 Å². The van der Waals surface area contributed by atoms with Gasteiger partial charge in [0, 0.05) is 29.4 Å². The molecule has 2 aromatic rings. The third-order valence-corrected chi connectivity index (χ3v) is 5.34. The zero-order chi connectivity index (χ0) is 17.6. The van der Waals surface area contributed by atoms with Crippen LogP contribution in [0.3, 0.4) is 0 Å². The van der Waals surface area contributed by atoms with Crippen LogP contribution in [0.25, 0.3) is 0 Å². The smallest absolute Gasteiger partial charge is 0.234 e. The van der Waals surface area contributed by atoms with Gasteiger partial charge in [-0.3, -0.25) is 4.79 Å². The summed E-state index contributed by atoms with van der Waals surface area (Å²) >= 11 is 7.33. The van der Waals surface area contributed by atoms with Crippen molar-refractivity contribution in [2.75, 3.05) is 22.5 Å². The summed E-state index contributed by atoms with van der Waals surface area (Å²) < 4.78 is 0. The third-order valence-electron chi connectivity index (χ3n) is 4.18. The third kappa shape index (κ3) is 5.09. The molecule has 1 N–H and O–H groups in total. The molecule has 1 atom stereocenters. The second-order valence-electron chi connectivity index (χ2n) is 6.10. The Labute approximate surface area is 157 Å². The first-order chi connectivity index (χ1) is 12.1. The first-order valence-corrected chi connectivity index (χ1v) is 9.75. The summed E-state index contributed by atoms with van der Waals surface area (Å²) in [6.45, 7) is 3.25. The fourth-order valence-electron chi connectivity index (χ4n) is 2.91. The maximum atomic E-state index is 12.1. The van der Waals surface area contributed by atoms with Crippen molar-refractivity contribution in [2.45, 2.75) is 37.3 Å². The molecule has 0 bridgehead atoms. The van der Waals surface area contributed by atoms with Crippen LogP contribution in [0, 0.1) is 0 Å². The molecule has 5 nitrogen and oxygen atoms in total. The molecule has 0 aliphatic carbocycles. The van der Waals surface area contributed by atoms with Gasteiger partial charge in [0.2, 0.25) is 5.91 Å². The number of amides is 1. The Hall–Kier alpha value is -1.79. The first-order valence-electron chi connectivity index (χ1n) is 8.39. The molecule has 1 saturated heterocycles. The van der Waals surface area contributed by atoms with Crippen molar-refractivity contribution in [1.29, 1.82) is 0 Å². The van der Waals surface area contributed by atoms with Gasteiger partial charge in [0.25, 0.3) is 0 Å². The van der Waals surface area contributed by atoms with Crippen molar-refractivity contribution in [2.24, 2.45) is 0 Å². The number of benzene rings is 1. The van der Waals surface area contributed by atoms with Gasteiger partial charge in [-0.05, 0) is 44.4 Å². The molecule has 25 heavy (non-hydrogen) atoms. The molecule has 1 aromatic carbocycles. The summed E-state index contributed by atoms with van der Waals surface area (Å²) in [5.74, 6) is 1.15. The van der Waals surface area contributed by atoms with Crippen LogP contribution in [0.2, 0.25) is 5.02 Å². The van der Waals surface area contributed by atoms with Gasteiger partial charge in [-0.25, -0.2) is 9.97 Å². The molecule has 0 spiro atoms. The molecule has 2 heterocycles. The van der Waals surface area contributed by atoms with Gasteiger partial charge in [-0.1, -0.05) is 29.4 Å². The van der Waals surface area contributed by atoms with Crippen molar-refractivity contribution in [1.82, 2.24) is 9.97 Å². The number of rotatable bonds is 5. The van der Waals surface area contributed by atoms with E-state index in [2.05, 4.69) is 27.1 Å². The minimum Gasteiger partial charge on any atom is -0.354 e. The van der Waals surface area contributed by atoms with Gasteiger partial charge in [0.15, 0.2) is 0 Å². The van der Waals surface area contributed by atoms with Gasteiger partial charge < -0.3 is 10.2 Å². The quantitative estimate of drug-likeness (QED) is 0.624. The SMILES string of the molecule is C[C@H]1CCCCN1c1cc(SCC(=O)Nc2cccc(Cl)c2)ncn1. The largest absolute Gasteiger partial charge is 0.354 e. The van der Waals surface area contributed by atoms with Gasteiger partial charge in [0.1, 0.15) is 17.2 Å². The molecule has 0 saturated carbocycles. The molecule has 1 aliphatic heterocycles. The Morgan fingerprint density at radius 1 is 1.36 bits per heavy atom. The average Bonchev–Trinajstić information content (AvgIpc) is 2.61. The number of aromatic nitrogens is 2. The Kier molecular flexibility index (Phi) is 6.15. The van der Waals surface area contributed by atoms with Crippen molar-refractivity contribution in [3.8, 4) is 0 Å². The Morgan fingerprint density at radius 3 is 3.04 bits per heavy atom. The topological polar surface area (TPSA) is 58.1 Å². The van der Waals surface area contributed by atoms with E-state index in [1.165, 1.54) is 31.0 Å². The van der Waals surface area contributed by atoms with Crippen LogP contribution < -0.4 is 10.2 Å². The second kappa shape index (κ2) is 8.54. The number of nitrogens with zero attached hydrogens (tertiary/aromatic N) is 3. The number of thioether (sulfide) groups is 1. The number of nitrogens with one attached hydrogen (secondary N) is 1. The highest BCUT2D eigenvalue weighted by Crippen LogP contribution is 2.25. The Bertz CT molecular complexity index is 743. The van der Waals surface area contributed by atoms with Crippen molar-refractivity contribution in [3.63, 3.8) is 0 Å². The lowest BCUT2D eigenvalue weighted by molar-refractivity contribution is -0.113. The van der Waals surface area contributed by atoms with Gasteiger partial charge in [-0.2, -0.15) is 0 Å². The molecule has 132 valence electrons. The predicted octanol–water partition coefficient (Wildman–Crippen LogP) is 4.24. The van der Waals surface area contributed by atoms with Crippen LogP contribution in [-0.4, -0.2) is 34.2 Å². The standard InChI is InChI=1S/C18H21ClN4OS/c1-13-5-2-3-8-23(13)16-10-18(21-12-20-16)25-11-17(24)22-15-7-4-6-14(19)9-15/h4,6-7,9-10,12-13H,2-3,5,8,11H2,1H3,(H,22,24)/t13-/m0/s1. The fraction of sp³-hybridized carbons (Fsp3) is 0.389. The van der Waals surface area contributed by atoms with E-state index in [0.29, 0.717) is 22.5 Å². The monoisotopic (exact) mass is 376 g/mol. The van der Waals surface area contributed by atoms with Gasteiger partial charge in [-0.15, -0.1) is 0 Å². The normalized spacial score (nSPS) is 17.4. The molecule has 1 aromatic heterocycles. The van der Waals surface area contributed by atoms with Crippen molar-refractivity contribution < 1.29 is 4.79 Å². The average molecular weight is 377 g/mol. The van der Waals surface area contributed by atoms with E-state index < -0.39 is 0 Å². The van der Waals surface area contributed by atoms with E-state index in [-0.39, 0.29) is 5.91 Å². The molecular weight excluding hydrogens is 356 g/mol. The predicted molar refractivity (Wildman–Crippen MR) is 103 cm³/mol. The van der Waals surface area contributed by atoms with Gasteiger partial charge in [0.05, 0.1) is 5.75 Å². The van der Waals surface area contributed by atoms with Gasteiger partial charge >= 0.3 is 0 Å². The molecule has 1 amide bonds. The molecule has 1 aliphatic rings. The number of hydrogen-bond acceptors (Lipinski definition) is 5. The zero-order valence-corrected chi connectivity index (χ0v) is 15.7. The highest BCUT2D eigenvalue weighted by molar-refractivity contribution is 7.99. The summed E-state index contributed by atoms with van der Waals surface area (Å²) in [6, 6.07) is 9.59. The molecule has 1 fully saturated rings. The van der Waals surface area contributed by atoms with Crippen LogP contribution in [-0.2, 0) is 4.79 Å². The van der Waals surface area contributed by atoms with E-state index in [9.17, 15) is 4.79 Å². The van der Waals surface area contributed by atoms with Crippen LogP contribution in [0.5, 0.6) is 0 Å². The molecular formula is C18H21ClN4OS. The fourth-order valence-corrected chi connectivity index (χ4v) is 3.76. The van der Waals surface area contributed by atoms with Crippen LogP contribution in [0.15, 0.2) is 41.7 Å². The highest BCUT2D eigenvalue weighted by atomic mass is 35.5. The minimum absolute atomic E-state index is 0.0845. The summed E-state index contributed by atoms with van der Waals surface area (Å²) in [7, 11) is 0. The second-order valence-corrected chi connectivity index (χ2v) is 7.53. The maximum Gasteiger partial charge on any atom is 0.234 e. The van der Waals surface area contributed by atoms with Crippen LogP contribution in [0.4, 0.5) is 11.5 Å². The summed E-state index contributed by atoms with van der Waals surface area (Å²) in [6.07, 6.45) is 5.23. The number of hydrogen-bond donors (Lipinski definition) is 1. The lowest BCUT2D eigenvalue weighted by Gasteiger charge is -2.34. The van der Waals surface area contributed by atoms with E-state index in [1.807, 2.05) is 18.2 Å². The number of anilines is 2. The molecule has 3 rings (SSSR count). The highest BCUT2D eigenvalue weighted by Gasteiger charge is 2.20.